The van der Waals surface area contributed by atoms with E-state index in [-0.39, 0.29) is 29.1 Å². The predicted octanol–water partition coefficient (Wildman–Crippen LogP) is 5.14. The fraction of sp³-hybridized carbons (Fsp3) is 0.154. The van der Waals surface area contributed by atoms with Crippen LogP contribution in [0.4, 0.5) is 18.9 Å². The van der Waals surface area contributed by atoms with Gasteiger partial charge in [0.15, 0.2) is 11.5 Å². The van der Waals surface area contributed by atoms with Gasteiger partial charge in [0.25, 0.3) is 11.7 Å². The summed E-state index contributed by atoms with van der Waals surface area (Å²) >= 11 is 0. The smallest absolute Gasteiger partial charge is 0.300 e. The first-order valence-electron chi connectivity index (χ1n) is 10.6. The molecule has 6 nitrogen and oxygen atoms in total. The van der Waals surface area contributed by atoms with Crippen LogP contribution >= 0.6 is 0 Å². The quantitative estimate of drug-likeness (QED) is 0.299. The average Bonchev–Trinajstić information content (AvgIpc) is 3.11. The van der Waals surface area contributed by atoms with Crippen molar-refractivity contribution >= 4 is 23.1 Å². The summed E-state index contributed by atoms with van der Waals surface area (Å²) in [6.45, 7) is 2.02. The van der Waals surface area contributed by atoms with Gasteiger partial charge in [-0.25, -0.2) is 13.2 Å². The lowest BCUT2D eigenvalue weighted by Crippen LogP contribution is -2.30. The van der Waals surface area contributed by atoms with Gasteiger partial charge in [-0.15, -0.1) is 0 Å². The Morgan fingerprint density at radius 1 is 0.943 bits per heavy atom. The second-order valence-corrected chi connectivity index (χ2v) is 7.62. The number of ether oxygens (including phenoxy) is 2. The van der Waals surface area contributed by atoms with E-state index in [2.05, 4.69) is 0 Å². The molecule has 1 unspecified atom stereocenters. The second kappa shape index (κ2) is 9.54. The molecule has 3 aromatic carbocycles. The number of benzene rings is 3. The van der Waals surface area contributed by atoms with E-state index in [0.29, 0.717) is 5.75 Å². The molecule has 0 aliphatic carbocycles. The number of amides is 1. The van der Waals surface area contributed by atoms with Gasteiger partial charge in [0.05, 0.1) is 31.0 Å². The van der Waals surface area contributed by atoms with E-state index in [1.165, 1.54) is 37.4 Å². The summed E-state index contributed by atoms with van der Waals surface area (Å²) in [5, 5.41) is 11.0. The number of aliphatic hydroxyl groups excluding tert-OH is 1. The lowest BCUT2D eigenvalue weighted by molar-refractivity contribution is -0.132. The van der Waals surface area contributed by atoms with Gasteiger partial charge in [0, 0.05) is 11.6 Å². The van der Waals surface area contributed by atoms with Crippen LogP contribution in [0.5, 0.6) is 11.5 Å². The Labute approximate surface area is 198 Å². The number of carbonyl (C=O) groups excluding carboxylic acids is 2. The van der Waals surface area contributed by atoms with E-state index in [0.717, 1.165) is 35.2 Å². The molecule has 1 saturated heterocycles. The maximum absolute atomic E-state index is 14.8. The first kappa shape index (κ1) is 23.9. The molecule has 0 bridgehead atoms. The highest BCUT2D eigenvalue weighted by Gasteiger charge is 2.48. The molecule has 0 spiro atoms. The number of aliphatic hydroxyl groups is 1. The van der Waals surface area contributed by atoms with Crippen molar-refractivity contribution in [2.24, 2.45) is 0 Å². The first-order valence-corrected chi connectivity index (χ1v) is 10.6. The number of halogens is 3. The fourth-order valence-corrected chi connectivity index (χ4v) is 3.96. The molecular weight excluding hydrogens is 463 g/mol. The zero-order valence-corrected chi connectivity index (χ0v) is 18.7. The van der Waals surface area contributed by atoms with Gasteiger partial charge < -0.3 is 14.6 Å². The molecule has 0 radical (unpaired) electrons. The highest BCUT2D eigenvalue weighted by molar-refractivity contribution is 6.51. The van der Waals surface area contributed by atoms with E-state index < -0.39 is 46.6 Å². The van der Waals surface area contributed by atoms with E-state index >= 15 is 0 Å². The molecule has 1 fully saturated rings. The number of hydrogen-bond acceptors (Lipinski definition) is 5. The summed E-state index contributed by atoms with van der Waals surface area (Å²) in [4.78, 5) is 27.0. The lowest BCUT2D eigenvalue weighted by Gasteiger charge is -2.26. The Morgan fingerprint density at radius 2 is 1.63 bits per heavy atom. The van der Waals surface area contributed by atoms with Gasteiger partial charge in [0.2, 0.25) is 0 Å². The maximum atomic E-state index is 14.8. The molecule has 1 heterocycles. The van der Waals surface area contributed by atoms with Crippen LogP contribution in [0.15, 0.2) is 66.2 Å². The number of hydrogen-bond donors (Lipinski definition) is 1. The summed E-state index contributed by atoms with van der Waals surface area (Å²) in [6.07, 6.45) is 0. The molecule has 0 aromatic heterocycles. The standard InChI is InChI=1S/C26H20F3NO5/c1-3-35-21-12-15(6-11-20(21)34-2)23-22(24(31)14-4-7-16(27)8-5-14)25(32)26(33)30(23)19-13-17(28)9-10-18(19)29/h4-13,23,31H,3H2,1-2H3/b24-22+. The monoisotopic (exact) mass is 483 g/mol. The number of rotatable bonds is 6. The van der Waals surface area contributed by atoms with Gasteiger partial charge in [0.1, 0.15) is 23.2 Å². The van der Waals surface area contributed by atoms with Crippen molar-refractivity contribution in [2.75, 3.05) is 18.6 Å². The minimum absolute atomic E-state index is 0.0626. The van der Waals surface area contributed by atoms with Crippen molar-refractivity contribution in [3.63, 3.8) is 0 Å². The van der Waals surface area contributed by atoms with Crippen molar-refractivity contribution in [2.45, 2.75) is 13.0 Å². The number of ketones is 1. The first-order chi connectivity index (χ1) is 16.8. The predicted molar refractivity (Wildman–Crippen MR) is 122 cm³/mol. The minimum atomic E-state index is -1.35. The summed E-state index contributed by atoms with van der Waals surface area (Å²) < 4.78 is 53.1. The molecule has 1 amide bonds. The molecule has 1 N–H and O–H groups in total. The summed E-state index contributed by atoms with van der Waals surface area (Å²) in [5.74, 6) is -4.59. The fourth-order valence-electron chi connectivity index (χ4n) is 3.96. The molecule has 180 valence electrons. The van der Waals surface area contributed by atoms with Gasteiger partial charge in [-0.1, -0.05) is 6.07 Å². The highest BCUT2D eigenvalue weighted by Crippen LogP contribution is 2.44. The Balaban J connectivity index is 1.99. The van der Waals surface area contributed by atoms with Crippen molar-refractivity contribution in [1.82, 2.24) is 0 Å². The summed E-state index contributed by atoms with van der Waals surface area (Å²) in [6, 6.07) is 10.3. The SMILES string of the molecule is CCOc1cc(C2/C(=C(\O)c3ccc(F)cc3)C(=O)C(=O)N2c2cc(F)ccc2F)ccc1OC. The molecule has 9 heteroatoms. The van der Waals surface area contributed by atoms with Crippen molar-refractivity contribution in [3.8, 4) is 11.5 Å². The van der Waals surface area contributed by atoms with Gasteiger partial charge >= 0.3 is 0 Å². The highest BCUT2D eigenvalue weighted by atomic mass is 19.1. The summed E-state index contributed by atoms with van der Waals surface area (Å²) in [7, 11) is 1.43. The number of Topliss-reactive ketones (excluding diaryl/α,β-unsaturated/α-hetero) is 1. The van der Waals surface area contributed by atoms with Crippen LogP contribution in [0.25, 0.3) is 5.76 Å². The van der Waals surface area contributed by atoms with Crippen molar-refractivity contribution in [1.29, 1.82) is 0 Å². The van der Waals surface area contributed by atoms with Crippen LogP contribution in [0.1, 0.15) is 24.1 Å². The Hall–Kier alpha value is -4.27. The van der Waals surface area contributed by atoms with Crippen LogP contribution < -0.4 is 14.4 Å². The molecule has 3 aromatic rings. The van der Waals surface area contributed by atoms with Crippen LogP contribution in [0, 0.1) is 17.5 Å². The zero-order valence-electron chi connectivity index (χ0n) is 18.7. The van der Waals surface area contributed by atoms with Gasteiger partial charge in [-0.05, 0) is 61.0 Å². The van der Waals surface area contributed by atoms with E-state index in [1.807, 2.05) is 0 Å². The average molecular weight is 483 g/mol. The lowest BCUT2D eigenvalue weighted by atomic mass is 9.94. The minimum Gasteiger partial charge on any atom is -0.507 e. The second-order valence-electron chi connectivity index (χ2n) is 7.62. The van der Waals surface area contributed by atoms with E-state index in [4.69, 9.17) is 9.47 Å². The van der Waals surface area contributed by atoms with E-state index in [1.54, 1.807) is 6.92 Å². The molecule has 35 heavy (non-hydrogen) atoms. The number of methoxy groups -OCH3 is 1. The Kier molecular flexibility index (Phi) is 6.50. The summed E-state index contributed by atoms with van der Waals surface area (Å²) in [5.41, 5.74) is -0.532. The molecule has 0 saturated carbocycles. The Bertz CT molecular complexity index is 1340. The van der Waals surface area contributed by atoms with Crippen LogP contribution in [0.2, 0.25) is 0 Å². The molecule has 1 aliphatic heterocycles. The third kappa shape index (κ3) is 4.32. The normalized spacial score (nSPS) is 17.1. The largest absolute Gasteiger partial charge is 0.507 e. The Morgan fingerprint density at radius 3 is 2.29 bits per heavy atom. The van der Waals surface area contributed by atoms with Crippen LogP contribution in [-0.2, 0) is 9.59 Å². The van der Waals surface area contributed by atoms with Gasteiger partial charge in [-0.3, -0.25) is 14.5 Å². The third-order valence-corrected chi connectivity index (χ3v) is 5.53. The molecule has 1 aliphatic rings. The third-order valence-electron chi connectivity index (χ3n) is 5.53. The number of nitrogens with zero attached hydrogens (tertiary/aromatic N) is 1. The number of carbonyl (C=O) groups is 2. The number of anilines is 1. The van der Waals surface area contributed by atoms with Crippen molar-refractivity contribution < 1.29 is 37.3 Å². The van der Waals surface area contributed by atoms with Crippen LogP contribution in [-0.4, -0.2) is 30.5 Å². The molecule has 4 rings (SSSR count). The van der Waals surface area contributed by atoms with Gasteiger partial charge in [-0.2, -0.15) is 0 Å². The molecule has 1 atom stereocenters. The maximum Gasteiger partial charge on any atom is 0.300 e. The van der Waals surface area contributed by atoms with E-state index in [9.17, 15) is 27.9 Å². The molecular formula is C26H20F3NO5. The van der Waals surface area contributed by atoms with Crippen LogP contribution in [0.3, 0.4) is 0 Å². The zero-order chi connectivity index (χ0) is 25.3. The topological polar surface area (TPSA) is 76.1 Å². The van der Waals surface area contributed by atoms with Crippen molar-refractivity contribution in [3.05, 3.63) is 94.8 Å².